The zero-order chi connectivity index (χ0) is 19.0. The van der Waals surface area contributed by atoms with Crippen molar-refractivity contribution in [2.24, 2.45) is 0 Å². The summed E-state index contributed by atoms with van der Waals surface area (Å²) < 4.78 is 40.2. The van der Waals surface area contributed by atoms with E-state index in [2.05, 4.69) is 12.2 Å². The number of unbranched alkanes of at least 4 members (excludes halogenated alkanes) is 3. The van der Waals surface area contributed by atoms with Gasteiger partial charge in [0.15, 0.2) is 6.54 Å². The van der Waals surface area contributed by atoms with Gasteiger partial charge in [-0.1, -0.05) is 38.3 Å². The lowest BCUT2D eigenvalue weighted by Crippen LogP contribution is -3.15. The Hall–Kier alpha value is -1.51. The van der Waals surface area contributed by atoms with Crippen molar-refractivity contribution in [1.29, 1.82) is 0 Å². The average Bonchev–Trinajstić information content (AvgIpc) is 2.62. The molecule has 0 bridgehead atoms. The maximum absolute atomic E-state index is 13.8. The summed E-state index contributed by atoms with van der Waals surface area (Å²) in [5, 5.41) is 2.92. The zero-order valence-corrected chi connectivity index (χ0v) is 16.2. The number of hydrogen-bond acceptors (Lipinski definition) is 3. The van der Waals surface area contributed by atoms with Crippen LogP contribution in [0.4, 0.5) is 4.39 Å². The largest absolute Gasteiger partial charge is 0.351 e. The average molecular weight is 387 g/mol. The van der Waals surface area contributed by atoms with Crippen molar-refractivity contribution in [1.82, 2.24) is 9.62 Å². The maximum Gasteiger partial charge on any atom is 0.275 e. The second-order valence-electron chi connectivity index (χ2n) is 6.67. The first kappa shape index (κ1) is 20.8. The Morgan fingerprint density at radius 1 is 1.19 bits per heavy atom. The van der Waals surface area contributed by atoms with E-state index >= 15 is 0 Å². The van der Waals surface area contributed by atoms with Crippen LogP contribution in [0.1, 0.15) is 32.6 Å². The third-order valence-corrected chi connectivity index (χ3v) is 6.58. The summed E-state index contributed by atoms with van der Waals surface area (Å²) in [4.78, 5) is 12.7. The van der Waals surface area contributed by atoms with Crippen LogP contribution in [-0.4, -0.2) is 57.9 Å². The second-order valence-corrected chi connectivity index (χ2v) is 8.58. The maximum atomic E-state index is 13.8. The van der Waals surface area contributed by atoms with Crippen LogP contribution in [0.3, 0.4) is 0 Å². The minimum atomic E-state index is -3.82. The molecule has 0 aromatic heterocycles. The highest BCUT2D eigenvalue weighted by Gasteiger charge is 2.32. The first-order chi connectivity index (χ1) is 12.4. The van der Waals surface area contributed by atoms with Crippen molar-refractivity contribution >= 4 is 15.9 Å². The van der Waals surface area contributed by atoms with Gasteiger partial charge in [-0.2, -0.15) is 4.31 Å². The van der Waals surface area contributed by atoms with Crippen LogP contribution in [0.2, 0.25) is 0 Å². The van der Waals surface area contributed by atoms with Crippen LogP contribution in [0, 0.1) is 5.82 Å². The summed E-state index contributed by atoms with van der Waals surface area (Å²) in [5.41, 5.74) is 0. The summed E-state index contributed by atoms with van der Waals surface area (Å²) in [5.74, 6) is -0.730. The highest BCUT2D eigenvalue weighted by molar-refractivity contribution is 7.89. The fourth-order valence-corrected chi connectivity index (χ4v) is 4.59. The van der Waals surface area contributed by atoms with Gasteiger partial charge in [0, 0.05) is 6.54 Å². The number of quaternary nitrogens is 1. The summed E-state index contributed by atoms with van der Waals surface area (Å²) in [7, 11) is -3.82. The third-order valence-electron chi connectivity index (χ3n) is 4.65. The van der Waals surface area contributed by atoms with Gasteiger partial charge in [0.1, 0.15) is 10.7 Å². The monoisotopic (exact) mass is 386 g/mol. The molecule has 0 unspecified atom stereocenters. The number of benzene rings is 1. The number of halogens is 1. The van der Waals surface area contributed by atoms with E-state index in [0.717, 1.165) is 30.2 Å². The molecule has 0 saturated carbocycles. The van der Waals surface area contributed by atoms with E-state index in [1.54, 1.807) is 0 Å². The zero-order valence-electron chi connectivity index (χ0n) is 15.3. The molecule has 2 N–H and O–H groups in total. The van der Waals surface area contributed by atoms with Gasteiger partial charge in [0.2, 0.25) is 10.0 Å². The van der Waals surface area contributed by atoms with Gasteiger partial charge < -0.3 is 10.2 Å². The van der Waals surface area contributed by atoms with Crippen molar-refractivity contribution in [2.45, 2.75) is 37.5 Å². The highest BCUT2D eigenvalue weighted by atomic mass is 32.2. The number of nitrogens with one attached hydrogen (secondary N) is 2. The van der Waals surface area contributed by atoms with Crippen molar-refractivity contribution in [2.75, 3.05) is 39.3 Å². The van der Waals surface area contributed by atoms with Crippen molar-refractivity contribution in [3.63, 3.8) is 0 Å². The van der Waals surface area contributed by atoms with Crippen molar-refractivity contribution in [3.05, 3.63) is 30.1 Å². The van der Waals surface area contributed by atoms with E-state index in [0.29, 0.717) is 26.2 Å². The molecule has 6 nitrogen and oxygen atoms in total. The molecular formula is C18H29FN3O3S+. The van der Waals surface area contributed by atoms with Crippen LogP contribution in [0.15, 0.2) is 29.2 Å². The predicted molar refractivity (Wildman–Crippen MR) is 97.9 cm³/mol. The molecule has 1 amide bonds. The van der Waals surface area contributed by atoms with Gasteiger partial charge in [-0.3, -0.25) is 4.79 Å². The van der Waals surface area contributed by atoms with Crippen molar-refractivity contribution in [3.8, 4) is 0 Å². The molecule has 1 aliphatic heterocycles. The van der Waals surface area contributed by atoms with Crippen LogP contribution in [0.5, 0.6) is 0 Å². The van der Waals surface area contributed by atoms with Gasteiger partial charge in [-0.25, -0.2) is 12.8 Å². The van der Waals surface area contributed by atoms with E-state index in [9.17, 15) is 17.6 Å². The fraction of sp³-hybridized carbons (Fsp3) is 0.611. The summed E-state index contributed by atoms with van der Waals surface area (Å²) in [6.45, 7) is 4.84. The summed E-state index contributed by atoms with van der Waals surface area (Å²) >= 11 is 0. The Morgan fingerprint density at radius 2 is 1.88 bits per heavy atom. The normalized spacial score (nSPS) is 16.5. The van der Waals surface area contributed by atoms with Crippen molar-refractivity contribution < 1.29 is 22.5 Å². The van der Waals surface area contributed by atoms with Crippen LogP contribution in [-0.2, 0) is 14.8 Å². The van der Waals surface area contributed by atoms with Crippen LogP contribution in [0.25, 0.3) is 0 Å². The summed E-state index contributed by atoms with van der Waals surface area (Å²) in [6, 6.07) is 5.43. The third kappa shape index (κ3) is 5.75. The molecule has 1 aromatic carbocycles. The van der Waals surface area contributed by atoms with E-state index in [1.807, 2.05) is 0 Å². The van der Waals surface area contributed by atoms with Gasteiger partial charge in [-0.15, -0.1) is 0 Å². The van der Waals surface area contributed by atoms with E-state index in [1.165, 1.54) is 28.9 Å². The lowest BCUT2D eigenvalue weighted by Gasteiger charge is -2.31. The quantitative estimate of drug-likeness (QED) is 0.604. The van der Waals surface area contributed by atoms with Gasteiger partial charge in [0.05, 0.1) is 26.2 Å². The number of amides is 1. The minimum Gasteiger partial charge on any atom is -0.351 e. The lowest BCUT2D eigenvalue weighted by atomic mass is 10.2. The SMILES string of the molecule is CCCCCCNC(=O)C[NH+]1CCN(S(=O)(=O)c2ccccc2F)CC1. The van der Waals surface area contributed by atoms with Gasteiger partial charge in [0.25, 0.3) is 5.91 Å². The first-order valence-electron chi connectivity index (χ1n) is 9.30. The summed E-state index contributed by atoms with van der Waals surface area (Å²) in [6.07, 6.45) is 4.46. The lowest BCUT2D eigenvalue weighted by molar-refractivity contribution is -0.895. The van der Waals surface area contributed by atoms with Crippen LogP contribution >= 0.6 is 0 Å². The highest BCUT2D eigenvalue weighted by Crippen LogP contribution is 2.18. The predicted octanol–water partition coefficient (Wildman–Crippen LogP) is 0.411. The van der Waals surface area contributed by atoms with E-state index < -0.39 is 15.8 Å². The molecule has 0 radical (unpaired) electrons. The van der Waals surface area contributed by atoms with Gasteiger partial charge >= 0.3 is 0 Å². The number of rotatable bonds is 9. The topological polar surface area (TPSA) is 70.9 Å². The number of sulfonamides is 1. The first-order valence-corrected chi connectivity index (χ1v) is 10.7. The molecular weight excluding hydrogens is 357 g/mol. The molecule has 26 heavy (non-hydrogen) atoms. The Kier molecular flexibility index (Phi) is 7.99. The van der Waals surface area contributed by atoms with E-state index in [-0.39, 0.29) is 23.9 Å². The Morgan fingerprint density at radius 3 is 2.54 bits per heavy atom. The molecule has 2 rings (SSSR count). The number of piperazine rings is 1. The van der Waals surface area contributed by atoms with E-state index in [4.69, 9.17) is 0 Å². The molecule has 146 valence electrons. The molecule has 1 aromatic rings. The Bertz CT molecular complexity index is 689. The fourth-order valence-electron chi connectivity index (χ4n) is 3.08. The standard InChI is InChI=1S/C18H28FN3O3S/c1-2-3-4-7-10-20-18(23)15-21-11-13-22(14-12-21)26(24,25)17-9-6-5-8-16(17)19/h5-6,8-9H,2-4,7,10-15H2,1H3,(H,20,23)/p+1. The van der Waals surface area contributed by atoms with Gasteiger partial charge in [-0.05, 0) is 18.6 Å². The molecule has 0 spiro atoms. The number of carbonyl (C=O) groups excluding carboxylic acids is 1. The minimum absolute atomic E-state index is 0.00177. The number of hydrogen-bond donors (Lipinski definition) is 2. The molecule has 0 atom stereocenters. The molecule has 0 aliphatic carbocycles. The Balaban J connectivity index is 1.78. The number of carbonyl (C=O) groups is 1. The molecule has 8 heteroatoms. The molecule has 1 saturated heterocycles. The molecule has 1 fully saturated rings. The smallest absolute Gasteiger partial charge is 0.275 e. The Labute approximate surface area is 155 Å². The number of nitrogens with zero attached hydrogens (tertiary/aromatic N) is 1. The molecule has 1 aliphatic rings. The molecule has 1 heterocycles. The van der Waals surface area contributed by atoms with Crippen LogP contribution < -0.4 is 10.2 Å². The second kappa shape index (κ2) is 9.99.